The minimum absolute atomic E-state index is 0.107. The summed E-state index contributed by atoms with van der Waals surface area (Å²) in [5.41, 5.74) is 1.28. The molecule has 0 spiro atoms. The molecule has 0 saturated carbocycles. The molecule has 0 bridgehead atoms. The molecular formula is C21H17FN2O3. The molecule has 0 N–H and O–H groups in total. The third kappa shape index (κ3) is 3.74. The standard InChI is InChI=1S/C21H17FN2O3/c22-15-8-10-17(11-9-15)24(13-16-5-3-4-12-23-16)21(25)20-14-26-18-6-1-2-7-19(18)27-20/h1-12,20H,13-14H2. The summed E-state index contributed by atoms with van der Waals surface area (Å²) < 4.78 is 24.8. The van der Waals surface area contributed by atoms with Crippen LogP contribution in [0.4, 0.5) is 10.1 Å². The second kappa shape index (κ2) is 7.45. The highest BCUT2D eigenvalue weighted by molar-refractivity contribution is 5.97. The summed E-state index contributed by atoms with van der Waals surface area (Å²) in [6, 6.07) is 18.5. The molecule has 5 nitrogen and oxygen atoms in total. The number of hydrogen-bond donors (Lipinski definition) is 0. The Kier molecular flexibility index (Phi) is 4.70. The normalized spacial score (nSPS) is 15.2. The Labute approximate surface area is 156 Å². The number of carbonyl (C=O) groups is 1. The molecular weight excluding hydrogens is 347 g/mol. The average molecular weight is 364 g/mol. The first-order valence-electron chi connectivity index (χ1n) is 8.56. The third-order valence-corrected chi connectivity index (χ3v) is 4.23. The minimum Gasteiger partial charge on any atom is -0.485 e. The Morgan fingerprint density at radius 2 is 1.78 bits per heavy atom. The molecule has 27 heavy (non-hydrogen) atoms. The van der Waals surface area contributed by atoms with Crippen molar-refractivity contribution in [1.82, 2.24) is 4.98 Å². The lowest BCUT2D eigenvalue weighted by Gasteiger charge is -2.30. The topological polar surface area (TPSA) is 51.7 Å². The van der Waals surface area contributed by atoms with E-state index in [1.165, 1.54) is 17.0 Å². The number of benzene rings is 2. The van der Waals surface area contributed by atoms with Crippen molar-refractivity contribution in [2.45, 2.75) is 12.6 Å². The Morgan fingerprint density at radius 1 is 1.04 bits per heavy atom. The van der Waals surface area contributed by atoms with Gasteiger partial charge in [0.15, 0.2) is 11.5 Å². The van der Waals surface area contributed by atoms with Gasteiger partial charge in [-0.2, -0.15) is 0 Å². The zero-order chi connectivity index (χ0) is 18.6. The molecule has 0 fully saturated rings. The molecule has 1 amide bonds. The lowest BCUT2D eigenvalue weighted by atomic mass is 10.2. The number of fused-ring (bicyclic) bond motifs is 1. The van der Waals surface area contributed by atoms with Crippen molar-refractivity contribution in [2.24, 2.45) is 0 Å². The molecule has 3 aromatic rings. The molecule has 1 aliphatic heterocycles. The van der Waals surface area contributed by atoms with Crippen LogP contribution in [0.3, 0.4) is 0 Å². The lowest BCUT2D eigenvalue weighted by Crippen LogP contribution is -2.46. The van der Waals surface area contributed by atoms with Gasteiger partial charge in [0.1, 0.15) is 12.4 Å². The maximum Gasteiger partial charge on any atom is 0.272 e. The van der Waals surface area contributed by atoms with Gasteiger partial charge in [-0.3, -0.25) is 9.78 Å². The highest BCUT2D eigenvalue weighted by Gasteiger charge is 2.32. The van der Waals surface area contributed by atoms with E-state index in [9.17, 15) is 9.18 Å². The van der Waals surface area contributed by atoms with Gasteiger partial charge in [-0.05, 0) is 48.5 Å². The van der Waals surface area contributed by atoms with Crippen molar-refractivity contribution in [3.8, 4) is 11.5 Å². The summed E-state index contributed by atoms with van der Waals surface area (Å²) in [4.78, 5) is 19.0. The molecule has 0 radical (unpaired) electrons. The van der Waals surface area contributed by atoms with Crippen LogP contribution < -0.4 is 14.4 Å². The fraction of sp³-hybridized carbons (Fsp3) is 0.143. The fourth-order valence-electron chi connectivity index (χ4n) is 2.89. The molecule has 1 atom stereocenters. The molecule has 1 aliphatic rings. The molecule has 6 heteroatoms. The van der Waals surface area contributed by atoms with Crippen LogP contribution in [0.1, 0.15) is 5.69 Å². The van der Waals surface area contributed by atoms with E-state index in [4.69, 9.17) is 9.47 Å². The summed E-state index contributed by atoms with van der Waals surface area (Å²) in [7, 11) is 0. The molecule has 2 aromatic carbocycles. The first kappa shape index (κ1) is 17.0. The summed E-state index contributed by atoms with van der Waals surface area (Å²) in [5, 5.41) is 0. The number of anilines is 1. The molecule has 1 aromatic heterocycles. The van der Waals surface area contributed by atoms with Gasteiger partial charge in [-0.1, -0.05) is 18.2 Å². The van der Waals surface area contributed by atoms with Crippen LogP contribution in [0.15, 0.2) is 72.9 Å². The van der Waals surface area contributed by atoms with Gasteiger partial charge >= 0.3 is 0 Å². The van der Waals surface area contributed by atoms with Crippen LogP contribution in [0.25, 0.3) is 0 Å². The number of hydrogen-bond acceptors (Lipinski definition) is 4. The predicted octanol–water partition coefficient (Wildman–Crippen LogP) is 3.59. The van der Waals surface area contributed by atoms with Crippen molar-refractivity contribution in [2.75, 3.05) is 11.5 Å². The van der Waals surface area contributed by atoms with E-state index >= 15 is 0 Å². The molecule has 136 valence electrons. The zero-order valence-corrected chi connectivity index (χ0v) is 14.4. The van der Waals surface area contributed by atoms with Gasteiger partial charge in [0.25, 0.3) is 5.91 Å². The first-order chi connectivity index (χ1) is 13.2. The molecule has 0 aliphatic carbocycles. The van der Waals surface area contributed by atoms with E-state index in [0.29, 0.717) is 22.9 Å². The van der Waals surface area contributed by atoms with Crippen LogP contribution in [0.2, 0.25) is 0 Å². The fourth-order valence-corrected chi connectivity index (χ4v) is 2.89. The molecule has 2 heterocycles. The Balaban J connectivity index is 1.61. The van der Waals surface area contributed by atoms with Crippen LogP contribution in [0, 0.1) is 5.82 Å². The number of pyridine rings is 1. The Morgan fingerprint density at radius 3 is 2.52 bits per heavy atom. The molecule has 4 rings (SSSR count). The maximum absolute atomic E-state index is 13.3. The number of ether oxygens (including phenoxy) is 2. The van der Waals surface area contributed by atoms with Gasteiger partial charge in [0, 0.05) is 11.9 Å². The number of rotatable bonds is 4. The van der Waals surface area contributed by atoms with E-state index in [-0.39, 0.29) is 24.9 Å². The predicted molar refractivity (Wildman–Crippen MR) is 98.2 cm³/mol. The average Bonchev–Trinajstić information content (AvgIpc) is 2.73. The SMILES string of the molecule is O=C(C1COc2ccccc2O1)N(Cc1ccccn1)c1ccc(F)cc1. The van der Waals surface area contributed by atoms with Crippen LogP contribution in [-0.2, 0) is 11.3 Å². The van der Waals surface area contributed by atoms with Crippen LogP contribution >= 0.6 is 0 Å². The Hall–Kier alpha value is -3.41. The van der Waals surface area contributed by atoms with Gasteiger partial charge in [-0.25, -0.2) is 4.39 Å². The van der Waals surface area contributed by atoms with E-state index in [1.54, 1.807) is 30.5 Å². The number of amides is 1. The smallest absolute Gasteiger partial charge is 0.272 e. The lowest BCUT2D eigenvalue weighted by molar-refractivity contribution is -0.127. The summed E-state index contributed by atoms with van der Waals surface area (Å²) in [6.07, 6.45) is 0.868. The largest absolute Gasteiger partial charge is 0.485 e. The first-order valence-corrected chi connectivity index (χ1v) is 8.56. The molecule has 1 unspecified atom stereocenters. The molecule has 0 saturated heterocycles. The summed E-state index contributed by atoms with van der Waals surface area (Å²) in [5.74, 6) is 0.496. The van der Waals surface area contributed by atoms with Gasteiger partial charge < -0.3 is 14.4 Å². The number of nitrogens with zero attached hydrogens (tertiary/aromatic N) is 2. The second-order valence-electron chi connectivity index (χ2n) is 6.09. The minimum atomic E-state index is -0.798. The number of carbonyl (C=O) groups excluding carboxylic acids is 1. The van der Waals surface area contributed by atoms with E-state index in [1.807, 2.05) is 30.3 Å². The number of aromatic nitrogens is 1. The van der Waals surface area contributed by atoms with Crippen molar-refractivity contribution in [3.05, 3.63) is 84.4 Å². The highest BCUT2D eigenvalue weighted by atomic mass is 19.1. The zero-order valence-electron chi connectivity index (χ0n) is 14.4. The number of para-hydroxylation sites is 2. The van der Waals surface area contributed by atoms with E-state index < -0.39 is 6.10 Å². The van der Waals surface area contributed by atoms with Crippen molar-refractivity contribution >= 4 is 11.6 Å². The highest BCUT2D eigenvalue weighted by Crippen LogP contribution is 2.32. The van der Waals surface area contributed by atoms with E-state index in [0.717, 1.165) is 0 Å². The second-order valence-corrected chi connectivity index (χ2v) is 6.09. The van der Waals surface area contributed by atoms with E-state index in [2.05, 4.69) is 4.98 Å². The van der Waals surface area contributed by atoms with Crippen molar-refractivity contribution < 1.29 is 18.7 Å². The third-order valence-electron chi connectivity index (χ3n) is 4.23. The van der Waals surface area contributed by atoms with Gasteiger partial charge in [0.2, 0.25) is 6.10 Å². The van der Waals surface area contributed by atoms with Gasteiger partial charge in [0.05, 0.1) is 12.2 Å². The number of halogens is 1. The van der Waals surface area contributed by atoms with Crippen molar-refractivity contribution in [1.29, 1.82) is 0 Å². The van der Waals surface area contributed by atoms with Crippen LogP contribution in [0.5, 0.6) is 11.5 Å². The maximum atomic E-state index is 13.3. The monoisotopic (exact) mass is 364 g/mol. The van der Waals surface area contributed by atoms with Gasteiger partial charge in [-0.15, -0.1) is 0 Å². The summed E-state index contributed by atoms with van der Waals surface area (Å²) >= 11 is 0. The quantitative estimate of drug-likeness (QED) is 0.710. The van der Waals surface area contributed by atoms with Crippen LogP contribution in [-0.4, -0.2) is 23.6 Å². The van der Waals surface area contributed by atoms with Crippen molar-refractivity contribution in [3.63, 3.8) is 0 Å². The summed E-state index contributed by atoms with van der Waals surface area (Å²) in [6.45, 7) is 0.350. The Bertz CT molecular complexity index is 932.